The Morgan fingerprint density at radius 2 is 1.95 bits per heavy atom. The van der Waals surface area contributed by atoms with Crippen molar-refractivity contribution in [1.29, 1.82) is 0 Å². The number of ether oxygens (including phenoxy) is 1. The van der Waals surface area contributed by atoms with E-state index in [0.29, 0.717) is 15.8 Å². The number of nitrogens with zero attached hydrogens (tertiary/aromatic N) is 1. The van der Waals surface area contributed by atoms with Crippen LogP contribution in [-0.4, -0.2) is 28.8 Å². The average molecular weight is 329 g/mol. The van der Waals surface area contributed by atoms with E-state index in [2.05, 4.69) is 0 Å². The largest absolute Gasteiger partial charge is 0.496 e. The molecule has 22 heavy (non-hydrogen) atoms. The number of hydrogen-bond acceptors (Lipinski definition) is 4. The van der Waals surface area contributed by atoms with Crippen molar-refractivity contribution in [3.05, 3.63) is 46.9 Å². The molecular weight excluding hydrogens is 314 g/mol. The normalized spacial score (nSPS) is 16.8. The number of benzene rings is 2. The first-order valence-electron chi connectivity index (χ1n) is 6.96. The number of rotatable bonds is 3. The SMILES string of the molecule is CCN1C(=O)/C(=C\c2ccc(OC)c3ccccc23)SC1=S. The minimum absolute atomic E-state index is 0.0163. The van der Waals surface area contributed by atoms with Crippen LogP contribution in [0.15, 0.2) is 41.3 Å². The standard InChI is InChI=1S/C17H15NO2S2/c1-3-18-16(19)15(22-17(18)21)10-11-8-9-14(20-2)13-7-5-4-6-12(11)13/h4-10H,3H2,1-2H3/b15-10+. The van der Waals surface area contributed by atoms with Crippen molar-refractivity contribution in [1.82, 2.24) is 4.90 Å². The van der Waals surface area contributed by atoms with E-state index in [9.17, 15) is 4.79 Å². The molecule has 5 heteroatoms. The van der Waals surface area contributed by atoms with Crippen molar-refractivity contribution in [2.75, 3.05) is 13.7 Å². The number of amides is 1. The monoisotopic (exact) mass is 329 g/mol. The third-order valence-electron chi connectivity index (χ3n) is 3.61. The summed E-state index contributed by atoms with van der Waals surface area (Å²) in [5.41, 5.74) is 0.994. The van der Waals surface area contributed by atoms with Gasteiger partial charge in [0.05, 0.1) is 12.0 Å². The van der Waals surface area contributed by atoms with Crippen LogP contribution in [-0.2, 0) is 4.79 Å². The third kappa shape index (κ3) is 2.51. The number of carbonyl (C=O) groups is 1. The molecule has 3 nitrogen and oxygen atoms in total. The molecule has 1 saturated heterocycles. The molecule has 2 aromatic carbocycles. The number of methoxy groups -OCH3 is 1. The van der Waals surface area contributed by atoms with E-state index in [-0.39, 0.29) is 5.91 Å². The van der Waals surface area contributed by atoms with Crippen LogP contribution in [0.2, 0.25) is 0 Å². The lowest BCUT2D eigenvalue weighted by Gasteiger charge is -2.10. The number of thioether (sulfide) groups is 1. The van der Waals surface area contributed by atoms with Gasteiger partial charge in [0.2, 0.25) is 0 Å². The Morgan fingerprint density at radius 3 is 2.59 bits per heavy atom. The average Bonchev–Trinajstić information content (AvgIpc) is 2.81. The predicted octanol–water partition coefficient (Wildman–Crippen LogP) is 4.07. The van der Waals surface area contributed by atoms with Crippen molar-refractivity contribution in [2.45, 2.75) is 6.92 Å². The highest BCUT2D eigenvalue weighted by Crippen LogP contribution is 2.35. The van der Waals surface area contributed by atoms with E-state index in [4.69, 9.17) is 17.0 Å². The van der Waals surface area contributed by atoms with E-state index in [1.165, 1.54) is 11.8 Å². The molecule has 0 unspecified atom stereocenters. The maximum atomic E-state index is 12.3. The molecule has 0 atom stereocenters. The van der Waals surface area contributed by atoms with Gasteiger partial charge in [-0.1, -0.05) is 54.3 Å². The fourth-order valence-electron chi connectivity index (χ4n) is 2.51. The molecule has 0 aromatic heterocycles. The Balaban J connectivity index is 2.11. The second kappa shape index (κ2) is 6.10. The molecule has 1 aliphatic rings. The highest BCUT2D eigenvalue weighted by molar-refractivity contribution is 8.26. The first-order chi connectivity index (χ1) is 10.7. The van der Waals surface area contributed by atoms with Gasteiger partial charge in [-0.25, -0.2) is 0 Å². The Morgan fingerprint density at radius 1 is 1.23 bits per heavy atom. The Hall–Kier alpha value is -1.85. The van der Waals surface area contributed by atoms with Crippen LogP contribution in [0, 0.1) is 0 Å². The molecule has 2 aromatic rings. The molecule has 0 radical (unpaired) electrons. The summed E-state index contributed by atoms with van der Waals surface area (Å²) in [6.07, 6.45) is 1.91. The number of thiocarbonyl (C=S) groups is 1. The number of likely N-dealkylation sites (N-methyl/N-ethyl adjacent to an activating group) is 1. The van der Waals surface area contributed by atoms with Crippen molar-refractivity contribution >= 4 is 51.1 Å². The molecular formula is C17H15NO2S2. The molecule has 1 heterocycles. The van der Waals surface area contributed by atoms with E-state index in [1.807, 2.05) is 49.4 Å². The van der Waals surface area contributed by atoms with Crippen molar-refractivity contribution in [3.8, 4) is 5.75 Å². The molecule has 3 rings (SSSR count). The fourth-order valence-corrected chi connectivity index (χ4v) is 3.89. The van der Waals surface area contributed by atoms with Crippen LogP contribution in [0.4, 0.5) is 0 Å². The van der Waals surface area contributed by atoms with Crippen molar-refractivity contribution in [3.63, 3.8) is 0 Å². The first-order valence-corrected chi connectivity index (χ1v) is 8.19. The zero-order chi connectivity index (χ0) is 15.7. The van der Waals surface area contributed by atoms with E-state index in [0.717, 1.165) is 22.1 Å². The first kappa shape index (κ1) is 15.1. The zero-order valence-electron chi connectivity index (χ0n) is 12.3. The van der Waals surface area contributed by atoms with Crippen LogP contribution in [0.5, 0.6) is 5.75 Å². The minimum atomic E-state index is -0.0163. The fraction of sp³-hybridized carbons (Fsp3) is 0.176. The topological polar surface area (TPSA) is 29.5 Å². The summed E-state index contributed by atoms with van der Waals surface area (Å²) in [7, 11) is 1.66. The van der Waals surface area contributed by atoms with Gasteiger partial charge < -0.3 is 4.74 Å². The molecule has 1 fully saturated rings. The van der Waals surface area contributed by atoms with Gasteiger partial charge >= 0.3 is 0 Å². The molecule has 112 valence electrons. The summed E-state index contributed by atoms with van der Waals surface area (Å²) in [5, 5.41) is 2.09. The van der Waals surface area contributed by atoms with Gasteiger partial charge in [-0.05, 0) is 30.0 Å². The molecule has 0 N–H and O–H groups in total. The van der Waals surface area contributed by atoms with Gasteiger partial charge in [-0.15, -0.1) is 0 Å². The number of fused-ring (bicyclic) bond motifs is 1. The smallest absolute Gasteiger partial charge is 0.266 e. The summed E-state index contributed by atoms with van der Waals surface area (Å²) in [6, 6.07) is 11.9. The molecule has 0 aliphatic carbocycles. The highest BCUT2D eigenvalue weighted by Gasteiger charge is 2.30. The molecule has 0 bridgehead atoms. The molecule has 1 aliphatic heterocycles. The van der Waals surface area contributed by atoms with Gasteiger partial charge in [0, 0.05) is 11.9 Å². The predicted molar refractivity (Wildman–Crippen MR) is 96.1 cm³/mol. The third-order valence-corrected chi connectivity index (χ3v) is 4.99. The maximum Gasteiger partial charge on any atom is 0.266 e. The second-order valence-corrected chi connectivity index (χ2v) is 6.50. The van der Waals surface area contributed by atoms with Crippen LogP contribution >= 0.6 is 24.0 Å². The highest BCUT2D eigenvalue weighted by atomic mass is 32.2. The lowest BCUT2D eigenvalue weighted by atomic mass is 10.0. The van der Waals surface area contributed by atoms with Gasteiger partial charge in [0.15, 0.2) is 0 Å². The van der Waals surface area contributed by atoms with Gasteiger partial charge in [-0.3, -0.25) is 9.69 Å². The maximum absolute atomic E-state index is 12.3. The molecule has 0 spiro atoms. The Labute approximate surface area is 138 Å². The van der Waals surface area contributed by atoms with Gasteiger partial charge in [0.25, 0.3) is 5.91 Å². The van der Waals surface area contributed by atoms with E-state index >= 15 is 0 Å². The minimum Gasteiger partial charge on any atom is -0.496 e. The number of hydrogen-bond donors (Lipinski definition) is 0. The summed E-state index contributed by atoms with van der Waals surface area (Å²) in [6.45, 7) is 2.53. The van der Waals surface area contributed by atoms with E-state index < -0.39 is 0 Å². The van der Waals surface area contributed by atoms with E-state index in [1.54, 1.807) is 12.0 Å². The summed E-state index contributed by atoms with van der Waals surface area (Å²) in [4.78, 5) is 14.6. The second-order valence-electron chi connectivity index (χ2n) is 4.83. The zero-order valence-corrected chi connectivity index (χ0v) is 14.0. The summed E-state index contributed by atoms with van der Waals surface area (Å²) >= 11 is 6.61. The quantitative estimate of drug-likeness (QED) is 0.627. The molecule has 1 amide bonds. The van der Waals surface area contributed by atoms with Gasteiger partial charge in [0.1, 0.15) is 10.1 Å². The number of carbonyl (C=O) groups excluding carboxylic acids is 1. The summed E-state index contributed by atoms with van der Waals surface area (Å²) < 4.78 is 6.03. The Bertz CT molecular complexity index is 798. The van der Waals surface area contributed by atoms with Crippen LogP contribution in [0.25, 0.3) is 16.8 Å². The van der Waals surface area contributed by atoms with Crippen molar-refractivity contribution < 1.29 is 9.53 Å². The lowest BCUT2D eigenvalue weighted by molar-refractivity contribution is -0.121. The van der Waals surface area contributed by atoms with Crippen LogP contribution in [0.1, 0.15) is 12.5 Å². The Kier molecular flexibility index (Phi) is 4.18. The lowest BCUT2D eigenvalue weighted by Crippen LogP contribution is -2.27. The van der Waals surface area contributed by atoms with Crippen LogP contribution in [0.3, 0.4) is 0 Å². The van der Waals surface area contributed by atoms with Crippen LogP contribution < -0.4 is 4.74 Å². The summed E-state index contributed by atoms with van der Waals surface area (Å²) in [5.74, 6) is 0.811. The van der Waals surface area contributed by atoms with Gasteiger partial charge in [-0.2, -0.15) is 0 Å². The molecule has 0 saturated carbocycles. The van der Waals surface area contributed by atoms with Crippen molar-refractivity contribution in [2.24, 2.45) is 0 Å².